The zero-order chi connectivity index (χ0) is 18.2. The first-order valence-corrected chi connectivity index (χ1v) is 9.09. The maximum atomic E-state index is 11.9. The summed E-state index contributed by atoms with van der Waals surface area (Å²) in [4.78, 5) is 11.9. The summed E-state index contributed by atoms with van der Waals surface area (Å²) in [7, 11) is 1.70. The lowest BCUT2D eigenvalue weighted by atomic mass is 10.1. The lowest BCUT2D eigenvalue weighted by Gasteiger charge is -2.09. The minimum Gasteiger partial charge on any atom is -0.457 e. The Kier molecular flexibility index (Phi) is 8.58. The number of methoxy groups -OCH3 is 1. The number of hydrogen-bond acceptors (Lipinski definition) is 4. The van der Waals surface area contributed by atoms with Crippen molar-refractivity contribution in [3.8, 4) is 11.5 Å². The summed E-state index contributed by atoms with van der Waals surface area (Å²) >= 11 is 0. The Balaban J connectivity index is 0.00000261. The van der Waals surface area contributed by atoms with E-state index in [1.54, 1.807) is 7.11 Å². The van der Waals surface area contributed by atoms with Crippen molar-refractivity contribution in [1.82, 2.24) is 5.32 Å². The van der Waals surface area contributed by atoms with E-state index in [1.807, 2.05) is 48.5 Å². The minimum atomic E-state index is -0.0223. The Morgan fingerprint density at radius 3 is 2.26 bits per heavy atom. The molecule has 1 aliphatic carbocycles. The summed E-state index contributed by atoms with van der Waals surface area (Å²) in [5.41, 5.74) is 1.98. The van der Waals surface area contributed by atoms with Gasteiger partial charge in [0.25, 0.3) is 0 Å². The molecule has 2 aromatic rings. The van der Waals surface area contributed by atoms with Gasteiger partial charge in [-0.1, -0.05) is 12.1 Å². The molecule has 6 heteroatoms. The van der Waals surface area contributed by atoms with E-state index >= 15 is 0 Å². The average molecular weight is 391 g/mol. The standard InChI is InChI=1S/C21H26N2O3.ClH/c1-25-13-12-16-4-8-19(9-5-16)26-20-10-6-18(7-11-20)23-21(24)15-22-14-17-2-3-17;/h4-11,17,22H,2-3,12-15H2,1H3,(H,23,24);1H. The van der Waals surface area contributed by atoms with Crippen LogP contribution in [0.3, 0.4) is 0 Å². The van der Waals surface area contributed by atoms with E-state index in [4.69, 9.17) is 9.47 Å². The number of rotatable bonds is 10. The van der Waals surface area contributed by atoms with Gasteiger partial charge in [0.05, 0.1) is 13.2 Å². The minimum absolute atomic E-state index is 0. The summed E-state index contributed by atoms with van der Waals surface area (Å²) in [5, 5.41) is 6.07. The van der Waals surface area contributed by atoms with Gasteiger partial charge in [-0.25, -0.2) is 0 Å². The van der Waals surface area contributed by atoms with Crippen LogP contribution in [-0.2, 0) is 16.0 Å². The largest absolute Gasteiger partial charge is 0.457 e. The van der Waals surface area contributed by atoms with E-state index in [-0.39, 0.29) is 18.3 Å². The van der Waals surface area contributed by atoms with Crippen molar-refractivity contribution in [2.24, 2.45) is 5.92 Å². The molecule has 0 atom stereocenters. The predicted octanol–water partition coefficient (Wildman–Crippen LogP) is 4.03. The highest BCUT2D eigenvalue weighted by Crippen LogP contribution is 2.27. The van der Waals surface area contributed by atoms with Crippen molar-refractivity contribution in [2.45, 2.75) is 19.3 Å². The molecule has 2 N–H and O–H groups in total. The molecular formula is C21H27ClN2O3. The lowest BCUT2D eigenvalue weighted by Crippen LogP contribution is -2.29. The highest BCUT2D eigenvalue weighted by atomic mass is 35.5. The number of benzene rings is 2. The number of nitrogens with one attached hydrogen (secondary N) is 2. The second-order valence-electron chi connectivity index (χ2n) is 6.64. The van der Waals surface area contributed by atoms with Crippen molar-refractivity contribution in [3.05, 3.63) is 54.1 Å². The molecular weight excluding hydrogens is 364 g/mol. The number of hydrogen-bond donors (Lipinski definition) is 2. The Morgan fingerprint density at radius 1 is 1.04 bits per heavy atom. The van der Waals surface area contributed by atoms with E-state index in [0.29, 0.717) is 13.2 Å². The second kappa shape index (κ2) is 10.9. The number of ether oxygens (including phenoxy) is 2. The molecule has 1 amide bonds. The second-order valence-corrected chi connectivity index (χ2v) is 6.64. The van der Waals surface area contributed by atoms with Gasteiger partial charge in [0.2, 0.25) is 5.91 Å². The van der Waals surface area contributed by atoms with Crippen LogP contribution in [0.4, 0.5) is 5.69 Å². The van der Waals surface area contributed by atoms with Gasteiger partial charge in [0.1, 0.15) is 11.5 Å². The van der Waals surface area contributed by atoms with Crippen LogP contribution in [-0.4, -0.2) is 32.7 Å². The number of halogens is 1. The van der Waals surface area contributed by atoms with Crippen molar-refractivity contribution in [3.63, 3.8) is 0 Å². The summed E-state index contributed by atoms with van der Waals surface area (Å²) in [6.45, 7) is 2.00. The topological polar surface area (TPSA) is 59.6 Å². The third-order valence-corrected chi connectivity index (χ3v) is 4.31. The van der Waals surface area contributed by atoms with Crippen LogP contribution in [0.5, 0.6) is 11.5 Å². The third-order valence-electron chi connectivity index (χ3n) is 4.31. The molecule has 2 aromatic carbocycles. The fourth-order valence-corrected chi connectivity index (χ4v) is 2.60. The van der Waals surface area contributed by atoms with Crippen LogP contribution in [0.2, 0.25) is 0 Å². The maximum absolute atomic E-state index is 11.9. The molecule has 0 saturated heterocycles. The molecule has 1 fully saturated rings. The van der Waals surface area contributed by atoms with E-state index in [1.165, 1.54) is 18.4 Å². The van der Waals surface area contributed by atoms with Gasteiger partial charge in [-0.05, 0) is 73.7 Å². The molecule has 0 aromatic heterocycles. The average Bonchev–Trinajstić information content (AvgIpc) is 3.47. The molecule has 0 bridgehead atoms. The van der Waals surface area contributed by atoms with E-state index in [9.17, 15) is 4.79 Å². The first-order valence-electron chi connectivity index (χ1n) is 9.09. The molecule has 5 nitrogen and oxygen atoms in total. The fourth-order valence-electron chi connectivity index (χ4n) is 2.60. The normalized spacial score (nSPS) is 12.9. The molecule has 0 heterocycles. The van der Waals surface area contributed by atoms with Crippen molar-refractivity contribution < 1.29 is 14.3 Å². The Hall–Kier alpha value is -2.08. The summed E-state index contributed by atoms with van der Waals surface area (Å²) < 4.78 is 10.9. The number of amides is 1. The van der Waals surface area contributed by atoms with Gasteiger partial charge in [-0.15, -0.1) is 12.4 Å². The van der Waals surface area contributed by atoms with Crippen LogP contribution in [0.1, 0.15) is 18.4 Å². The third kappa shape index (κ3) is 7.59. The monoisotopic (exact) mass is 390 g/mol. The quantitative estimate of drug-likeness (QED) is 0.643. The number of carbonyl (C=O) groups excluding carboxylic acids is 1. The Bertz CT molecular complexity index is 700. The van der Waals surface area contributed by atoms with Gasteiger partial charge in [-0.3, -0.25) is 4.79 Å². The predicted molar refractivity (Wildman–Crippen MR) is 110 cm³/mol. The summed E-state index contributed by atoms with van der Waals surface area (Å²) in [5.74, 6) is 2.27. The van der Waals surface area contributed by atoms with Gasteiger partial charge < -0.3 is 20.1 Å². The van der Waals surface area contributed by atoms with Crippen LogP contribution < -0.4 is 15.4 Å². The van der Waals surface area contributed by atoms with Gasteiger partial charge >= 0.3 is 0 Å². The number of carbonyl (C=O) groups is 1. The molecule has 0 aliphatic heterocycles. The molecule has 0 unspecified atom stereocenters. The van der Waals surface area contributed by atoms with Gasteiger partial charge in [-0.2, -0.15) is 0 Å². The zero-order valence-corrected chi connectivity index (χ0v) is 16.4. The van der Waals surface area contributed by atoms with Crippen molar-refractivity contribution >= 4 is 24.0 Å². The van der Waals surface area contributed by atoms with Crippen molar-refractivity contribution in [2.75, 3.05) is 32.1 Å². The SMILES string of the molecule is COCCc1ccc(Oc2ccc(NC(=O)CNCC3CC3)cc2)cc1.Cl. The Labute approximate surface area is 166 Å². The molecule has 0 spiro atoms. The highest BCUT2D eigenvalue weighted by molar-refractivity contribution is 5.92. The molecule has 3 rings (SSSR count). The van der Waals surface area contributed by atoms with Crippen LogP contribution in [0.15, 0.2) is 48.5 Å². The maximum Gasteiger partial charge on any atom is 0.238 e. The first kappa shape index (κ1) is 21.2. The van der Waals surface area contributed by atoms with Gasteiger partial charge in [0, 0.05) is 12.8 Å². The highest BCUT2D eigenvalue weighted by Gasteiger charge is 2.20. The summed E-state index contributed by atoms with van der Waals surface area (Å²) in [6.07, 6.45) is 3.46. The molecule has 0 radical (unpaired) electrons. The Morgan fingerprint density at radius 2 is 1.67 bits per heavy atom. The van der Waals surface area contributed by atoms with Crippen LogP contribution in [0.25, 0.3) is 0 Å². The van der Waals surface area contributed by atoms with Gasteiger partial charge in [0.15, 0.2) is 0 Å². The smallest absolute Gasteiger partial charge is 0.238 e. The molecule has 1 aliphatic rings. The number of anilines is 1. The molecule has 1 saturated carbocycles. The summed E-state index contributed by atoms with van der Waals surface area (Å²) in [6, 6.07) is 15.4. The van der Waals surface area contributed by atoms with E-state index in [0.717, 1.165) is 36.1 Å². The zero-order valence-electron chi connectivity index (χ0n) is 15.6. The van der Waals surface area contributed by atoms with Crippen molar-refractivity contribution in [1.29, 1.82) is 0 Å². The van der Waals surface area contributed by atoms with E-state index in [2.05, 4.69) is 10.6 Å². The lowest BCUT2D eigenvalue weighted by molar-refractivity contribution is -0.115. The van der Waals surface area contributed by atoms with Crippen LogP contribution in [0, 0.1) is 5.92 Å². The van der Waals surface area contributed by atoms with E-state index < -0.39 is 0 Å². The fraction of sp³-hybridized carbons (Fsp3) is 0.381. The molecule has 146 valence electrons. The first-order chi connectivity index (χ1) is 12.7. The van der Waals surface area contributed by atoms with Crippen LogP contribution >= 0.6 is 12.4 Å². The molecule has 27 heavy (non-hydrogen) atoms.